The Morgan fingerprint density at radius 2 is 1.65 bits per heavy atom. The first-order chi connectivity index (χ1) is 17.5. The molecule has 196 valence electrons. The molecule has 0 aliphatic heterocycles. The van der Waals surface area contributed by atoms with E-state index < -0.39 is 40.2 Å². The van der Waals surface area contributed by atoms with Crippen LogP contribution < -0.4 is 9.62 Å². The molecular weight excluding hydrogens is 540 g/mol. The molecule has 0 saturated carbocycles. The predicted octanol–water partition coefficient (Wildman–Crippen LogP) is 4.88. The summed E-state index contributed by atoms with van der Waals surface area (Å²) in [5.41, 5.74) is 0.692. The smallest absolute Gasteiger partial charge is 0.264 e. The summed E-state index contributed by atoms with van der Waals surface area (Å²) in [6.07, 6.45) is 0. The minimum Gasteiger partial charge on any atom is -0.355 e. The normalized spacial score (nSPS) is 12.0. The predicted molar refractivity (Wildman–Crippen MR) is 143 cm³/mol. The van der Waals surface area contributed by atoms with Crippen LogP contribution >= 0.6 is 23.2 Å². The van der Waals surface area contributed by atoms with E-state index in [1.54, 1.807) is 56.3 Å². The van der Waals surface area contributed by atoms with Crippen molar-refractivity contribution in [2.45, 2.75) is 31.3 Å². The number of sulfonamides is 1. The Labute approximate surface area is 225 Å². The molecule has 1 N–H and O–H groups in total. The third-order valence-corrected chi connectivity index (χ3v) is 7.92. The third kappa shape index (κ3) is 7.00. The number of carbonyl (C=O) groups excluding carboxylic acids is 2. The van der Waals surface area contributed by atoms with Gasteiger partial charge in [-0.15, -0.1) is 0 Å². The lowest BCUT2D eigenvalue weighted by molar-refractivity contribution is -0.139. The van der Waals surface area contributed by atoms with E-state index in [0.717, 1.165) is 16.4 Å². The highest BCUT2D eigenvalue weighted by molar-refractivity contribution is 7.92. The van der Waals surface area contributed by atoms with Crippen molar-refractivity contribution in [1.29, 1.82) is 0 Å². The maximum Gasteiger partial charge on any atom is 0.264 e. The van der Waals surface area contributed by atoms with Crippen LogP contribution in [0.1, 0.15) is 19.4 Å². The molecule has 7 nitrogen and oxygen atoms in total. The summed E-state index contributed by atoms with van der Waals surface area (Å²) in [5, 5.41) is 2.89. The fourth-order valence-electron chi connectivity index (χ4n) is 3.58. The van der Waals surface area contributed by atoms with Crippen LogP contribution in [-0.4, -0.2) is 44.3 Å². The summed E-state index contributed by atoms with van der Waals surface area (Å²) in [4.78, 5) is 27.6. The lowest BCUT2D eigenvalue weighted by atomic mass is 10.1. The lowest BCUT2D eigenvalue weighted by Gasteiger charge is -2.32. The van der Waals surface area contributed by atoms with Gasteiger partial charge in [0.05, 0.1) is 15.6 Å². The number of carbonyl (C=O) groups is 2. The van der Waals surface area contributed by atoms with Crippen LogP contribution in [0.25, 0.3) is 0 Å². The van der Waals surface area contributed by atoms with Gasteiger partial charge in [-0.3, -0.25) is 13.9 Å². The molecule has 0 spiro atoms. The maximum atomic E-state index is 13.9. The summed E-state index contributed by atoms with van der Waals surface area (Å²) in [5.74, 6) is -1.77. The maximum absolute atomic E-state index is 13.9. The molecule has 0 aliphatic rings. The molecule has 2 amide bonds. The van der Waals surface area contributed by atoms with Crippen molar-refractivity contribution in [1.82, 2.24) is 10.2 Å². The van der Waals surface area contributed by atoms with Gasteiger partial charge < -0.3 is 10.2 Å². The van der Waals surface area contributed by atoms with Gasteiger partial charge in [0.2, 0.25) is 11.8 Å². The number of nitrogens with one attached hydrogen (secondary N) is 1. The van der Waals surface area contributed by atoms with E-state index >= 15 is 0 Å². The van der Waals surface area contributed by atoms with Gasteiger partial charge in [0.15, 0.2) is 0 Å². The second-order valence-electron chi connectivity index (χ2n) is 8.14. The van der Waals surface area contributed by atoms with E-state index in [2.05, 4.69) is 5.32 Å². The van der Waals surface area contributed by atoms with E-state index in [0.29, 0.717) is 17.1 Å². The molecule has 1 atom stereocenters. The van der Waals surface area contributed by atoms with Crippen LogP contribution in [0.4, 0.5) is 10.1 Å². The number of nitrogens with zero attached hydrogens (tertiary/aromatic N) is 2. The van der Waals surface area contributed by atoms with E-state index in [9.17, 15) is 22.4 Å². The van der Waals surface area contributed by atoms with E-state index in [4.69, 9.17) is 23.2 Å². The fraction of sp³-hybridized carbons (Fsp3) is 0.231. The van der Waals surface area contributed by atoms with Gasteiger partial charge in [-0.1, -0.05) is 53.5 Å². The van der Waals surface area contributed by atoms with Gasteiger partial charge in [0, 0.05) is 18.1 Å². The first-order valence-electron chi connectivity index (χ1n) is 11.4. The molecule has 0 unspecified atom stereocenters. The molecule has 0 fully saturated rings. The van der Waals surface area contributed by atoms with Crippen LogP contribution in [0.3, 0.4) is 0 Å². The molecule has 37 heavy (non-hydrogen) atoms. The number of anilines is 1. The Balaban J connectivity index is 2.03. The first kappa shape index (κ1) is 28.4. The van der Waals surface area contributed by atoms with Crippen molar-refractivity contribution in [3.05, 3.63) is 94.2 Å². The highest BCUT2D eigenvalue weighted by atomic mass is 35.5. The van der Waals surface area contributed by atoms with E-state index in [-0.39, 0.29) is 22.2 Å². The third-order valence-electron chi connectivity index (χ3n) is 5.59. The average molecular weight is 566 g/mol. The van der Waals surface area contributed by atoms with E-state index in [1.165, 1.54) is 23.1 Å². The van der Waals surface area contributed by atoms with Crippen molar-refractivity contribution in [2.75, 3.05) is 17.4 Å². The standard InChI is InChI=1S/C26H26Cl2FN3O4S/c1-3-30-26(34)18(2)31(16-19-9-11-20(27)12-10-19)25(33)17-32(21-13-14-24(29)23(28)15-21)37(35,36)22-7-5-4-6-8-22/h4-15,18H,3,16-17H2,1-2H3,(H,30,34)/t18-/m0/s1. The fourth-order valence-corrected chi connectivity index (χ4v) is 5.31. The van der Waals surface area contributed by atoms with Crippen LogP contribution in [0, 0.1) is 5.82 Å². The highest BCUT2D eigenvalue weighted by Gasteiger charge is 2.32. The largest absolute Gasteiger partial charge is 0.355 e. The van der Waals surface area contributed by atoms with Crippen molar-refractivity contribution in [3.63, 3.8) is 0 Å². The zero-order chi connectivity index (χ0) is 27.2. The summed E-state index contributed by atoms with van der Waals surface area (Å²) < 4.78 is 42.0. The monoisotopic (exact) mass is 565 g/mol. The summed E-state index contributed by atoms with van der Waals surface area (Å²) in [6.45, 7) is 3.04. The molecule has 0 radical (unpaired) electrons. The Morgan fingerprint density at radius 3 is 2.24 bits per heavy atom. The van der Waals surface area contributed by atoms with Crippen LogP contribution in [-0.2, 0) is 26.2 Å². The van der Waals surface area contributed by atoms with Crippen molar-refractivity contribution < 1.29 is 22.4 Å². The molecule has 0 bridgehead atoms. The molecule has 0 saturated heterocycles. The van der Waals surface area contributed by atoms with Gasteiger partial charge in [0.1, 0.15) is 18.4 Å². The average Bonchev–Trinajstić information content (AvgIpc) is 2.88. The van der Waals surface area contributed by atoms with E-state index in [1.807, 2.05) is 0 Å². The van der Waals surface area contributed by atoms with Crippen LogP contribution in [0.2, 0.25) is 10.0 Å². The second-order valence-corrected chi connectivity index (χ2v) is 10.8. The molecule has 3 aromatic carbocycles. The van der Waals surface area contributed by atoms with Crippen molar-refractivity contribution >= 4 is 50.7 Å². The van der Waals surface area contributed by atoms with Gasteiger partial charge in [0.25, 0.3) is 10.0 Å². The molecule has 0 aliphatic carbocycles. The summed E-state index contributed by atoms with van der Waals surface area (Å²) in [7, 11) is -4.26. The van der Waals surface area contributed by atoms with Gasteiger partial charge in [-0.2, -0.15) is 0 Å². The zero-order valence-electron chi connectivity index (χ0n) is 20.2. The Kier molecular flexibility index (Phi) is 9.53. The minimum atomic E-state index is -4.26. The van der Waals surface area contributed by atoms with Crippen molar-refractivity contribution in [2.24, 2.45) is 0 Å². The Bertz CT molecular complexity index is 1360. The molecule has 0 aromatic heterocycles. The number of hydrogen-bond acceptors (Lipinski definition) is 4. The second kappa shape index (κ2) is 12.4. The quantitative estimate of drug-likeness (QED) is 0.379. The summed E-state index contributed by atoms with van der Waals surface area (Å²) >= 11 is 11.9. The molecule has 3 aromatic rings. The Hall–Kier alpha value is -3.14. The number of amides is 2. The zero-order valence-corrected chi connectivity index (χ0v) is 22.5. The van der Waals surface area contributed by atoms with Crippen molar-refractivity contribution in [3.8, 4) is 0 Å². The molecule has 3 rings (SSSR count). The SMILES string of the molecule is CCNC(=O)[C@H](C)N(Cc1ccc(Cl)cc1)C(=O)CN(c1ccc(F)c(Cl)c1)S(=O)(=O)c1ccccc1. The number of rotatable bonds is 10. The first-order valence-corrected chi connectivity index (χ1v) is 13.6. The highest BCUT2D eigenvalue weighted by Crippen LogP contribution is 2.28. The van der Waals surface area contributed by atoms with Crippen LogP contribution in [0.5, 0.6) is 0 Å². The number of benzene rings is 3. The molecule has 11 heteroatoms. The van der Waals surface area contributed by atoms with Crippen LogP contribution in [0.15, 0.2) is 77.7 Å². The van der Waals surface area contributed by atoms with Gasteiger partial charge >= 0.3 is 0 Å². The molecule has 0 heterocycles. The van der Waals surface area contributed by atoms with Gasteiger partial charge in [-0.25, -0.2) is 12.8 Å². The van der Waals surface area contributed by atoms with Gasteiger partial charge in [-0.05, 0) is 61.9 Å². The molecular formula is C26H26Cl2FN3O4S. The topological polar surface area (TPSA) is 86.8 Å². The number of hydrogen-bond donors (Lipinski definition) is 1. The Morgan fingerprint density at radius 1 is 1.00 bits per heavy atom. The summed E-state index contributed by atoms with van der Waals surface area (Å²) in [6, 6.07) is 16.8. The lowest BCUT2D eigenvalue weighted by Crippen LogP contribution is -2.51. The minimum absolute atomic E-state index is 0.000656. The number of halogens is 3. The number of likely N-dealkylation sites (N-methyl/N-ethyl adjacent to an activating group) is 1.